The summed E-state index contributed by atoms with van der Waals surface area (Å²) in [5.41, 5.74) is 0. The summed E-state index contributed by atoms with van der Waals surface area (Å²) in [4.78, 5) is 1.97. The van der Waals surface area contributed by atoms with Crippen LogP contribution in [0.25, 0.3) is 0 Å². The van der Waals surface area contributed by atoms with Crippen LogP contribution in [0.4, 0.5) is 30.7 Å². The van der Waals surface area contributed by atoms with E-state index in [0.29, 0.717) is 19.6 Å². The molecule has 2 bridgehead atoms. The fourth-order valence-electron chi connectivity index (χ4n) is 2.66. The minimum absolute atomic E-state index is 0.0691. The molecule has 0 radical (unpaired) electrons. The highest BCUT2D eigenvalue weighted by molar-refractivity contribution is 14.1. The van der Waals surface area contributed by atoms with Gasteiger partial charge in [-0.15, -0.1) is 0 Å². The van der Waals surface area contributed by atoms with Gasteiger partial charge in [-0.3, -0.25) is 4.90 Å². The van der Waals surface area contributed by atoms with Crippen LogP contribution >= 0.6 is 22.6 Å². The summed E-state index contributed by atoms with van der Waals surface area (Å²) in [5.74, 6) is -11.5. The molecule has 0 spiro atoms. The highest BCUT2D eigenvalue weighted by Crippen LogP contribution is 2.50. The van der Waals surface area contributed by atoms with E-state index < -0.39 is 42.9 Å². The Morgan fingerprint density at radius 2 is 1.60 bits per heavy atom. The van der Waals surface area contributed by atoms with E-state index in [2.05, 4.69) is 0 Å². The molecule has 2 unspecified atom stereocenters. The van der Waals surface area contributed by atoms with Gasteiger partial charge in [0.2, 0.25) is 0 Å². The first kappa shape index (κ1) is 21.6. The maximum atomic E-state index is 13.8. The van der Waals surface area contributed by atoms with E-state index in [9.17, 15) is 30.7 Å². The molecule has 25 heavy (non-hydrogen) atoms. The van der Waals surface area contributed by atoms with Crippen LogP contribution in [-0.2, 0) is 13.3 Å². The Morgan fingerprint density at radius 1 is 1.08 bits per heavy atom. The van der Waals surface area contributed by atoms with Crippen LogP contribution in [0, 0.1) is 0 Å². The molecule has 0 amide bonds. The Bertz CT molecular complexity index is 472. The maximum absolute atomic E-state index is 13.8. The molecule has 0 aromatic heterocycles. The van der Waals surface area contributed by atoms with Gasteiger partial charge in [0.15, 0.2) is 0 Å². The van der Waals surface area contributed by atoms with Crippen LogP contribution in [0.1, 0.15) is 13.3 Å². The molecule has 2 atom stereocenters. The largest absolute Gasteiger partial charge is 0.515 e. The Labute approximate surface area is 154 Å². The van der Waals surface area contributed by atoms with Crippen LogP contribution in [0.5, 0.6) is 0 Å². The molecule has 0 aliphatic carbocycles. The monoisotopic (exact) mass is 511 g/mol. The Balaban J connectivity index is 2.23. The Kier molecular flexibility index (Phi) is 6.37. The zero-order valence-corrected chi connectivity index (χ0v) is 16.3. The van der Waals surface area contributed by atoms with Crippen LogP contribution in [0.15, 0.2) is 0 Å². The molecule has 3 aliphatic heterocycles. The number of halogens is 8. The molecule has 0 aromatic carbocycles. The summed E-state index contributed by atoms with van der Waals surface area (Å²) in [6.07, 6.45) is -8.60. The highest BCUT2D eigenvalue weighted by Gasteiger charge is 2.74. The van der Waals surface area contributed by atoms with Crippen LogP contribution in [0.3, 0.4) is 0 Å². The second-order valence-electron chi connectivity index (χ2n) is 5.98. The lowest BCUT2D eigenvalue weighted by atomic mass is 10.1. The van der Waals surface area contributed by atoms with Crippen LogP contribution in [-0.4, -0.2) is 74.2 Å². The van der Waals surface area contributed by atoms with E-state index in [1.807, 2.05) is 4.90 Å². The quantitative estimate of drug-likeness (QED) is 0.251. The van der Waals surface area contributed by atoms with Gasteiger partial charge in [-0.05, 0) is 6.92 Å². The van der Waals surface area contributed by atoms with Crippen molar-refractivity contribution in [1.82, 2.24) is 4.90 Å². The van der Waals surface area contributed by atoms with E-state index >= 15 is 0 Å². The third-order valence-electron chi connectivity index (χ3n) is 3.94. The third kappa shape index (κ3) is 4.42. The average molecular weight is 511 g/mol. The van der Waals surface area contributed by atoms with Crippen molar-refractivity contribution >= 4 is 31.4 Å². The number of hydrogen-bond donors (Lipinski definition) is 0. The molecule has 0 aromatic rings. The first-order valence-electron chi connectivity index (χ1n) is 7.45. The molecule has 0 N–H and O–H groups in total. The van der Waals surface area contributed by atoms with Crippen molar-refractivity contribution in [2.24, 2.45) is 0 Å². The molecule has 13 heteroatoms. The van der Waals surface area contributed by atoms with E-state index in [1.165, 1.54) is 22.6 Å². The highest BCUT2D eigenvalue weighted by atomic mass is 127. The smallest absolute Gasteiger partial charge is 0.371 e. The van der Waals surface area contributed by atoms with Crippen molar-refractivity contribution in [3.8, 4) is 0 Å². The summed E-state index contributed by atoms with van der Waals surface area (Å²) in [6, 6.07) is 0. The van der Waals surface area contributed by atoms with Crippen molar-refractivity contribution in [1.29, 1.82) is 0 Å². The zero-order chi connectivity index (χ0) is 19.1. The van der Waals surface area contributed by atoms with Gasteiger partial charge in [0.25, 0.3) is 0 Å². The van der Waals surface area contributed by atoms with Gasteiger partial charge >= 0.3 is 26.8 Å². The van der Waals surface area contributed by atoms with Gasteiger partial charge in [-0.2, -0.15) is 30.7 Å². The van der Waals surface area contributed by atoms with Gasteiger partial charge in [0.1, 0.15) is 0 Å². The van der Waals surface area contributed by atoms with Crippen molar-refractivity contribution in [3.63, 3.8) is 0 Å². The topological polar surface area (TPSA) is 30.9 Å². The summed E-state index contributed by atoms with van der Waals surface area (Å²) < 4.78 is 106. The fraction of sp³-hybridized carbons (Fsp3) is 1.00. The second-order valence-corrected chi connectivity index (χ2v) is 11.4. The van der Waals surface area contributed by atoms with Crippen molar-refractivity contribution in [2.45, 2.75) is 41.0 Å². The average Bonchev–Trinajstić information content (AvgIpc) is 2.38. The molecule has 3 saturated heterocycles. The molecule has 4 nitrogen and oxygen atoms in total. The lowest BCUT2D eigenvalue weighted by molar-refractivity contribution is -0.355. The van der Waals surface area contributed by atoms with Gasteiger partial charge in [-0.1, -0.05) is 22.6 Å². The lowest BCUT2D eigenvalue weighted by Gasteiger charge is -2.43. The summed E-state index contributed by atoms with van der Waals surface area (Å²) in [7, 11) is -3.86. The number of fused-ring (bicyclic) bond motifs is 6. The molecular formula is C12H17F7INO3Si. The molecule has 3 aliphatic rings. The maximum Gasteiger partial charge on any atom is 0.515 e. The number of alkyl halides is 8. The number of nitrogens with zero attached hydrogens (tertiary/aromatic N) is 1. The number of rotatable bonds is 4. The SMILES string of the molecule is CC1CN2CCO[Si](C(I)CC(F)(F)C(F)(F)C(F)(F)F)(OCC2)O1. The molecule has 0 saturated carbocycles. The molecular weight excluding hydrogens is 494 g/mol. The van der Waals surface area contributed by atoms with E-state index in [0.717, 1.165) is 0 Å². The van der Waals surface area contributed by atoms with E-state index in [-0.39, 0.29) is 13.2 Å². The van der Waals surface area contributed by atoms with E-state index in [4.69, 9.17) is 13.3 Å². The van der Waals surface area contributed by atoms with Crippen LogP contribution < -0.4 is 0 Å². The zero-order valence-electron chi connectivity index (χ0n) is 13.1. The molecule has 148 valence electrons. The normalized spacial score (nSPS) is 33.5. The van der Waals surface area contributed by atoms with Crippen molar-refractivity contribution in [3.05, 3.63) is 0 Å². The van der Waals surface area contributed by atoms with Gasteiger partial charge in [-0.25, -0.2) is 0 Å². The standard InChI is InChI=1S/C12H17F7INO3Si/c1-8-7-21-2-4-22-25(24-8,23-5-3-21)9(20)6-10(13,14)11(15,16)12(17,18)19/h8-9H,2-7H2,1H3. The predicted octanol–water partition coefficient (Wildman–Crippen LogP) is 3.26. The lowest BCUT2D eigenvalue weighted by Crippen LogP contribution is -2.64. The minimum Gasteiger partial charge on any atom is -0.371 e. The molecule has 3 heterocycles. The second kappa shape index (κ2) is 7.37. The van der Waals surface area contributed by atoms with Crippen molar-refractivity contribution in [2.75, 3.05) is 32.8 Å². The first-order chi connectivity index (χ1) is 11.3. The Hall–Kier alpha value is 0.297. The summed E-state index contributed by atoms with van der Waals surface area (Å²) in [6.45, 7) is 3.21. The van der Waals surface area contributed by atoms with E-state index in [1.54, 1.807) is 6.92 Å². The predicted molar refractivity (Wildman–Crippen MR) is 83.0 cm³/mol. The first-order valence-corrected chi connectivity index (χ1v) is 10.5. The fourth-order valence-corrected chi connectivity index (χ4v) is 7.35. The number of hydrogen-bond acceptors (Lipinski definition) is 4. The molecule has 3 rings (SSSR count). The summed E-state index contributed by atoms with van der Waals surface area (Å²) in [5, 5.41) is 0. The molecule has 3 fully saturated rings. The van der Waals surface area contributed by atoms with Gasteiger partial charge in [0, 0.05) is 26.1 Å². The van der Waals surface area contributed by atoms with Gasteiger partial charge in [0.05, 0.1) is 22.9 Å². The van der Waals surface area contributed by atoms with Gasteiger partial charge < -0.3 is 13.3 Å². The van der Waals surface area contributed by atoms with Crippen molar-refractivity contribution < 1.29 is 44.0 Å². The third-order valence-corrected chi connectivity index (χ3v) is 9.58. The summed E-state index contributed by atoms with van der Waals surface area (Å²) >= 11 is 1.38. The Morgan fingerprint density at radius 3 is 2.08 bits per heavy atom. The minimum atomic E-state index is -6.36. The van der Waals surface area contributed by atoms with Crippen LogP contribution in [0.2, 0.25) is 0 Å².